The third-order valence-electron chi connectivity index (χ3n) is 6.48. The van der Waals surface area contributed by atoms with Crippen LogP contribution in [0.4, 0.5) is 0 Å². The minimum Gasteiger partial charge on any atom is -0.494 e. The maximum Gasteiger partial charge on any atom is 0.317 e. The van der Waals surface area contributed by atoms with Gasteiger partial charge in [-0.05, 0) is 50.8 Å². The van der Waals surface area contributed by atoms with Crippen molar-refractivity contribution >= 4 is 11.9 Å². The molecule has 202 valence electrons. The molecule has 0 unspecified atom stereocenters. The number of benzene rings is 2. The lowest BCUT2D eigenvalue weighted by Gasteiger charge is -2.27. The minimum absolute atomic E-state index is 0.238. The molecule has 0 aromatic heterocycles. The second kappa shape index (κ2) is 12.6. The van der Waals surface area contributed by atoms with Crippen LogP contribution in [0.1, 0.15) is 43.4 Å². The first-order chi connectivity index (χ1) is 17.9. The Morgan fingerprint density at radius 1 is 0.757 bits per heavy atom. The molecule has 0 N–H and O–H groups in total. The average molecular weight is 517 g/mol. The van der Waals surface area contributed by atoms with Gasteiger partial charge in [0.05, 0.1) is 48.3 Å². The fourth-order valence-electron chi connectivity index (χ4n) is 4.84. The number of rotatable bonds is 13. The van der Waals surface area contributed by atoms with Crippen LogP contribution in [0.5, 0.6) is 28.7 Å². The van der Waals surface area contributed by atoms with E-state index >= 15 is 0 Å². The SMILES string of the molecule is CCOC(=O)CCCOc1ccc(C2(C(=O)OCC)Cc3c(c(OC)c(OC)c(OC)c3OC)C2)cc1. The van der Waals surface area contributed by atoms with Gasteiger partial charge in [0.1, 0.15) is 11.2 Å². The van der Waals surface area contributed by atoms with E-state index in [1.54, 1.807) is 28.1 Å². The normalized spacial score (nSPS) is 13.4. The summed E-state index contributed by atoms with van der Waals surface area (Å²) in [5, 5.41) is 0. The zero-order valence-electron chi connectivity index (χ0n) is 22.4. The predicted octanol–water partition coefficient (Wildman–Crippen LogP) is 4.04. The van der Waals surface area contributed by atoms with Gasteiger partial charge in [0, 0.05) is 17.5 Å². The van der Waals surface area contributed by atoms with Gasteiger partial charge in [-0.1, -0.05) is 12.1 Å². The number of methoxy groups -OCH3 is 4. The first-order valence-corrected chi connectivity index (χ1v) is 12.3. The highest BCUT2D eigenvalue weighted by molar-refractivity contribution is 5.87. The molecule has 0 spiro atoms. The van der Waals surface area contributed by atoms with Crippen molar-refractivity contribution in [3.05, 3.63) is 41.0 Å². The maximum atomic E-state index is 13.5. The van der Waals surface area contributed by atoms with Crippen LogP contribution in [0.3, 0.4) is 0 Å². The molecule has 2 aromatic carbocycles. The van der Waals surface area contributed by atoms with Gasteiger partial charge in [-0.2, -0.15) is 0 Å². The summed E-state index contributed by atoms with van der Waals surface area (Å²) >= 11 is 0. The van der Waals surface area contributed by atoms with Crippen LogP contribution in [0.2, 0.25) is 0 Å². The van der Waals surface area contributed by atoms with E-state index in [2.05, 4.69) is 0 Å². The van der Waals surface area contributed by atoms with E-state index in [0.29, 0.717) is 67.6 Å². The van der Waals surface area contributed by atoms with Crippen molar-refractivity contribution in [2.75, 3.05) is 48.3 Å². The third-order valence-corrected chi connectivity index (χ3v) is 6.48. The molecular formula is C28H36O9. The number of hydrogen-bond donors (Lipinski definition) is 0. The Morgan fingerprint density at radius 2 is 1.27 bits per heavy atom. The second-order valence-corrected chi connectivity index (χ2v) is 8.53. The van der Waals surface area contributed by atoms with E-state index < -0.39 is 5.41 Å². The van der Waals surface area contributed by atoms with Gasteiger partial charge < -0.3 is 33.2 Å². The summed E-state index contributed by atoms with van der Waals surface area (Å²) in [5.41, 5.74) is 1.40. The zero-order chi connectivity index (χ0) is 27.0. The topological polar surface area (TPSA) is 98.8 Å². The molecule has 37 heavy (non-hydrogen) atoms. The summed E-state index contributed by atoms with van der Waals surface area (Å²) in [7, 11) is 6.18. The highest BCUT2D eigenvalue weighted by atomic mass is 16.5. The molecule has 0 bridgehead atoms. The molecule has 0 saturated heterocycles. The Balaban J connectivity index is 1.94. The van der Waals surface area contributed by atoms with E-state index in [0.717, 1.165) is 16.7 Å². The van der Waals surface area contributed by atoms with E-state index in [1.807, 2.05) is 24.3 Å². The number of hydrogen-bond acceptors (Lipinski definition) is 9. The molecule has 2 aromatic rings. The quantitative estimate of drug-likeness (QED) is 0.288. The standard InChI is InChI=1S/C28H36O9/c1-7-35-22(29)10-9-15-37-19-13-11-18(12-14-19)28(27(30)36-8-2)16-20-21(17-28)24(32-4)26(34-6)25(33-5)23(20)31-3/h11-14H,7-10,15-17H2,1-6H3. The van der Waals surface area contributed by atoms with Crippen LogP contribution in [0, 0.1) is 0 Å². The van der Waals surface area contributed by atoms with Crippen molar-refractivity contribution in [2.24, 2.45) is 0 Å². The molecule has 0 amide bonds. The molecule has 0 saturated carbocycles. The van der Waals surface area contributed by atoms with Crippen LogP contribution < -0.4 is 23.7 Å². The van der Waals surface area contributed by atoms with Crippen LogP contribution in [-0.4, -0.2) is 60.2 Å². The largest absolute Gasteiger partial charge is 0.494 e. The number of carbonyl (C=O) groups excluding carboxylic acids is 2. The van der Waals surface area contributed by atoms with E-state index in [4.69, 9.17) is 33.2 Å². The molecular weight excluding hydrogens is 480 g/mol. The molecule has 0 aliphatic heterocycles. The average Bonchev–Trinajstić information content (AvgIpc) is 3.31. The molecule has 1 aliphatic carbocycles. The van der Waals surface area contributed by atoms with Gasteiger partial charge in [0.15, 0.2) is 11.5 Å². The molecule has 0 radical (unpaired) electrons. The second-order valence-electron chi connectivity index (χ2n) is 8.53. The Hall–Kier alpha value is -3.62. The molecule has 0 fully saturated rings. The Morgan fingerprint density at radius 3 is 1.73 bits per heavy atom. The maximum absolute atomic E-state index is 13.5. The number of esters is 2. The lowest BCUT2D eigenvalue weighted by Crippen LogP contribution is -2.38. The summed E-state index contributed by atoms with van der Waals surface area (Å²) < 4.78 is 39.0. The van der Waals surface area contributed by atoms with Gasteiger partial charge in [-0.25, -0.2) is 0 Å². The molecule has 9 heteroatoms. The zero-order valence-corrected chi connectivity index (χ0v) is 22.4. The summed E-state index contributed by atoms with van der Waals surface area (Å²) in [4.78, 5) is 25.0. The minimum atomic E-state index is -1.00. The first-order valence-electron chi connectivity index (χ1n) is 12.3. The lowest BCUT2D eigenvalue weighted by atomic mass is 9.77. The highest BCUT2D eigenvalue weighted by Gasteiger charge is 2.50. The van der Waals surface area contributed by atoms with E-state index in [-0.39, 0.29) is 18.5 Å². The van der Waals surface area contributed by atoms with Crippen LogP contribution >= 0.6 is 0 Å². The van der Waals surface area contributed by atoms with Gasteiger partial charge >= 0.3 is 11.9 Å². The van der Waals surface area contributed by atoms with Crippen molar-refractivity contribution in [1.82, 2.24) is 0 Å². The van der Waals surface area contributed by atoms with Crippen LogP contribution in [0.25, 0.3) is 0 Å². The lowest BCUT2D eigenvalue weighted by molar-refractivity contribution is -0.150. The smallest absolute Gasteiger partial charge is 0.317 e. The van der Waals surface area contributed by atoms with Gasteiger partial charge in [0.25, 0.3) is 0 Å². The van der Waals surface area contributed by atoms with Gasteiger partial charge in [0.2, 0.25) is 11.5 Å². The van der Waals surface area contributed by atoms with E-state index in [9.17, 15) is 9.59 Å². The monoisotopic (exact) mass is 516 g/mol. The molecule has 0 heterocycles. The van der Waals surface area contributed by atoms with Gasteiger partial charge in [-0.3, -0.25) is 9.59 Å². The van der Waals surface area contributed by atoms with Crippen molar-refractivity contribution in [2.45, 2.75) is 44.9 Å². The van der Waals surface area contributed by atoms with Crippen LogP contribution in [-0.2, 0) is 37.3 Å². The first kappa shape index (κ1) is 28.0. The van der Waals surface area contributed by atoms with Gasteiger partial charge in [-0.15, -0.1) is 0 Å². The predicted molar refractivity (Wildman–Crippen MR) is 136 cm³/mol. The highest BCUT2D eigenvalue weighted by Crippen LogP contribution is 2.56. The van der Waals surface area contributed by atoms with Crippen molar-refractivity contribution in [1.29, 1.82) is 0 Å². The van der Waals surface area contributed by atoms with E-state index in [1.165, 1.54) is 14.2 Å². The molecule has 0 atom stereocenters. The Labute approximate surface area is 217 Å². The number of carbonyl (C=O) groups is 2. The Kier molecular flexibility index (Phi) is 9.49. The fourth-order valence-corrected chi connectivity index (χ4v) is 4.84. The van der Waals surface area contributed by atoms with Crippen molar-refractivity contribution in [3.8, 4) is 28.7 Å². The third kappa shape index (κ3) is 5.55. The Bertz CT molecular complexity index is 1050. The van der Waals surface area contributed by atoms with Crippen molar-refractivity contribution < 1.29 is 42.7 Å². The molecule has 1 aliphatic rings. The summed E-state index contributed by atoms with van der Waals surface area (Å²) in [5.74, 6) is 1.89. The molecule has 3 rings (SSSR count). The van der Waals surface area contributed by atoms with Crippen LogP contribution in [0.15, 0.2) is 24.3 Å². The fraction of sp³-hybridized carbons (Fsp3) is 0.500. The number of fused-ring (bicyclic) bond motifs is 1. The summed E-state index contributed by atoms with van der Waals surface area (Å²) in [6, 6.07) is 7.38. The summed E-state index contributed by atoms with van der Waals surface area (Å²) in [6.07, 6.45) is 1.51. The molecule has 9 nitrogen and oxygen atoms in total. The number of ether oxygens (including phenoxy) is 7. The van der Waals surface area contributed by atoms with Crippen molar-refractivity contribution in [3.63, 3.8) is 0 Å². The summed E-state index contributed by atoms with van der Waals surface area (Å²) in [6.45, 7) is 4.56.